The van der Waals surface area contributed by atoms with Crippen molar-refractivity contribution in [1.29, 1.82) is 0 Å². The van der Waals surface area contributed by atoms with E-state index in [0.29, 0.717) is 17.2 Å². The first-order chi connectivity index (χ1) is 17.6. The molecule has 37 heavy (non-hydrogen) atoms. The lowest BCUT2D eigenvalue weighted by molar-refractivity contribution is -0.137. The Kier molecular flexibility index (Phi) is 6.29. The van der Waals surface area contributed by atoms with E-state index in [9.17, 15) is 32.3 Å². The zero-order chi connectivity index (χ0) is 26.4. The van der Waals surface area contributed by atoms with Gasteiger partial charge in [-0.25, -0.2) is 9.18 Å². The quantitative estimate of drug-likeness (QED) is 0.363. The lowest BCUT2D eigenvalue weighted by atomic mass is 9.93. The van der Waals surface area contributed by atoms with Gasteiger partial charge in [0.1, 0.15) is 5.82 Å². The Labute approximate surface area is 210 Å². The summed E-state index contributed by atoms with van der Waals surface area (Å²) in [6.07, 6.45) is 4.83. The molecule has 0 atom stereocenters. The SMILES string of the molecule is O=C(O)c1cc(NC(=O)C2(c3ccc(C(F)(F)F)cc3F)CC2)ccc1-c1cnn(C2CCCCC2)c1. The predicted molar refractivity (Wildman–Crippen MR) is 128 cm³/mol. The molecule has 2 saturated carbocycles. The minimum atomic E-state index is -4.69. The molecule has 2 aliphatic carbocycles. The van der Waals surface area contributed by atoms with Crippen LogP contribution in [-0.4, -0.2) is 26.8 Å². The lowest BCUT2D eigenvalue weighted by Crippen LogP contribution is -2.29. The fraction of sp³-hybridized carbons (Fsp3) is 0.370. The number of hydrogen-bond acceptors (Lipinski definition) is 3. The fourth-order valence-corrected chi connectivity index (χ4v) is 5.15. The molecule has 10 heteroatoms. The molecule has 6 nitrogen and oxygen atoms in total. The number of aromatic nitrogens is 2. The molecular weight excluding hydrogens is 490 g/mol. The fourth-order valence-electron chi connectivity index (χ4n) is 5.15. The number of carboxylic acids is 1. The van der Waals surface area contributed by atoms with Gasteiger partial charge in [0.25, 0.3) is 0 Å². The van der Waals surface area contributed by atoms with Gasteiger partial charge < -0.3 is 10.4 Å². The van der Waals surface area contributed by atoms with E-state index in [1.807, 2.05) is 10.9 Å². The number of carboxylic acid groups (broad SMARTS) is 1. The van der Waals surface area contributed by atoms with Crippen LogP contribution in [0.2, 0.25) is 0 Å². The van der Waals surface area contributed by atoms with Crippen LogP contribution in [0.1, 0.15) is 72.5 Å². The van der Waals surface area contributed by atoms with Crippen molar-refractivity contribution in [2.45, 2.75) is 62.6 Å². The summed E-state index contributed by atoms with van der Waals surface area (Å²) in [6, 6.07) is 6.91. The number of benzene rings is 2. The summed E-state index contributed by atoms with van der Waals surface area (Å²) in [5.74, 6) is -2.88. The first kappa shape index (κ1) is 25.0. The molecule has 0 aliphatic heterocycles. The monoisotopic (exact) mass is 515 g/mol. The van der Waals surface area contributed by atoms with Crippen molar-refractivity contribution in [2.24, 2.45) is 0 Å². The standard InChI is InChI=1S/C27H25F4N3O3/c28-23-12-17(27(29,30)31)6-9-22(23)26(10-11-26)25(37)33-18-7-8-20(21(13-18)24(35)36)16-14-32-34(15-16)19-4-2-1-3-5-19/h6-9,12-15,19H,1-5,10-11H2,(H,33,37)(H,35,36). The number of hydrogen-bond donors (Lipinski definition) is 2. The van der Waals surface area contributed by atoms with Crippen LogP contribution in [0.25, 0.3) is 11.1 Å². The van der Waals surface area contributed by atoms with Gasteiger partial charge in [0, 0.05) is 23.0 Å². The van der Waals surface area contributed by atoms with Gasteiger partial charge in [-0.15, -0.1) is 0 Å². The summed E-state index contributed by atoms with van der Waals surface area (Å²) in [5.41, 5.74) is -1.27. The van der Waals surface area contributed by atoms with Crippen LogP contribution in [0.3, 0.4) is 0 Å². The maximum Gasteiger partial charge on any atom is 0.416 e. The molecule has 0 radical (unpaired) electrons. The number of carbonyl (C=O) groups is 2. The summed E-state index contributed by atoms with van der Waals surface area (Å²) in [5, 5.41) is 16.9. The Morgan fingerprint density at radius 3 is 2.41 bits per heavy atom. The zero-order valence-corrected chi connectivity index (χ0v) is 19.8. The molecule has 2 fully saturated rings. The molecule has 194 valence electrons. The smallest absolute Gasteiger partial charge is 0.416 e. The van der Waals surface area contributed by atoms with E-state index in [4.69, 9.17) is 0 Å². The lowest BCUT2D eigenvalue weighted by Gasteiger charge is -2.21. The van der Waals surface area contributed by atoms with Gasteiger partial charge in [-0.2, -0.15) is 18.3 Å². The maximum atomic E-state index is 14.6. The predicted octanol–water partition coefficient (Wildman–Crippen LogP) is 6.58. The van der Waals surface area contributed by atoms with E-state index in [1.54, 1.807) is 18.3 Å². The molecule has 2 aliphatic rings. The first-order valence-corrected chi connectivity index (χ1v) is 12.2. The molecular formula is C27H25F4N3O3. The number of alkyl halides is 3. The summed E-state index contributed by atoms with van der Waals surface area (Å²) in [7, 11) is 0. The molecule has 5 rings (SSSR count). The highest BCUT2D eigenvalue weighted by Gasteiger charge is 2.53. The average molecular weight is 516 g/mol. The molecule has 0 unspecified atom stereocenters. The number of nitrogens with zero attached hydrogens (tertiary/aromatic N) is 2. The Bertz CT molecular complexity index is 1360. The number of nitrogens with one attached hydrogen (secondary N) is 1. The number of rotatable bonds is 6. The van der Waals surface area contributed by atoms with Crippen molar-refractivity contribution in [3.63, 3.8) is 0 Å². The van der Waals surface area contributed by atoms with Crippen molar-refractivity contribution in [1.82, 2.24) is 9.78 Å². The third-order valence-electron chi connectivity index (χ3n) is 7.37. The van der Waals surface area contributed by atoms with Crippen molar-refractivity contribution in [3.05, 3.63) is 71.3 Å². The van der Waals surface area contributed by atoms with Crippen LogP contribution in [-0.2, 0) is 16.4 Å². The number of halogens is 4. The van der Waals surface area contributed by atoms with E-state index in [2.05, 4.69) is 10.4 Å². The Morgan fingerprint density at radius 2 is 1.78 bits per heavy atom. The number of anilines is 1. The second kappa shape index (κ2) is 9.32. The molecule has 0 spiro atoms. The molecule has 3 aromatic rings. The van der Waals surface area contributed by atoms with Crippen LogP contribution >= 0.6 is 0 Å². The normalized spacial score (nSPS) is 17.4. The van der Waals surface area contributed by atoms with Gasteiger partial charge in [-0.05, 0) is 55.5 Å². The Morgan fingerprint density at radius 1 is 1.05 bits per heavy atom. The van der Waals surface area contributed by atoms with Gasteiger partial charge in [-0.3, -0.25) is 9.48 Å². The zero-order valence-electron chi connectivity index (χ0n) is 19.8. The molecule has 1 heterocycles. The first-order valence-electron chi connectivity index (χ1n) is 12.2. The minimum absolute atomic E-state index is 0.0356. The minimum Gasteiger partial charge on any atom is -0.478 e. The average Bonchev–Trinajstić information content (AvgIpc) is 3.53. The number of aromatic carboxylic acids is 1. The van der Waals surface area contributed by atoms with Gasteiger partial charge in [0.2, 0.25) is 5.91 Å². The van der Waals surface area contributed by atoms with Crippen molar-refractivity contribution in [3.8, 4) is 11.1 Å². The maximum absolute atomic E-state index is 14.6. The van der Waals surface area contributed by atoms with E-state index in [-0.39, 0.29) is 35.7 Å². The summed E-state index contributed by atoms with van der Waals surface area (Å²) < 4.78 is 55.2. The number of carbonyl (C=O) groups excluding carboxylic acids is 1. The van der Waals surface area contributed by atoms with Gasteiger partial charge >= 0.3 is 12.1 Å². The molecule has 0 bridgehead atoms. The van der Waals surface area contributed by atoms with Crippen molar-refractivity contribution >= 4 is 17.6 Å². The van der Waals surface area contributed by atoms with Crippen LogP contribution in [0, 0.1) is 5.82 Å². The third-order valence-corrected chi connectivity index (χ3v) is 7.37. The highest BCUT2D eigenvalue weighted by atomic mass is 19.4. The summed E-state index contributed by atoms with van der Waals surface area (Å²) in [6.45, 7) is 0. The van der Waals surface area contributed by atoms with Gasteiger partial charge in [-0.1, -0.05) is 31.4 Å². The topological polar surface area (TPSA) is 84.2 Å². The van der Waals surface area contributed by atoms with Crippen molar-refractivity contribution in [2.75, 3.05) is 5.32 Å². The van der Waals surface area contributed by atoms with E-state index < -0.39 is 34.8 Å². The molecule has 2 N–H and O–H groups in total. The third kappa shape index (κ3) is 4.84. The van der Waals surface area contributed by atoms with E-state index in [0.717, 1.165) is 37.8 Å². The summed E-state index contributed by atoms with van der Waals surface area (Å²) in [4.78, 5) is 25.1. The molecule has 2 aromatic carbocycles. The number of amides is 1. The largest absolute Gasteiger partial charge is 0.478 e. The van der Waals surface area contributed by atoms with Crippen LogP contribution in [0.4, 0.5) is 23.2 Å². The molecule has 1 amide bonds. The second-order valence-corrected chi connectivity index (χ2v) is 9.79. The van der Waals surface area contributed by atoms with Crippen LogP contribution < -0.4 is 5.32 Å². The summed E-state index contributed by atoms with van der Waals surface area (Å²) >= 11 is 0. The van der Waals surface area contributed by atoms with E-state index >= 15 is 0 Å². The van der Waals surface area contributed by atoms with Crippen LogP contribution in [0.15, 0.2) is 48.8 Å². The van der Waals surface area contributed by atoms with Gasteiger partial charge in [0.15, 0.2) is 0 Å². The highest BCUT2D eigenvalue weighted by Crippen LogP contribution is 2.50. The molecule has 1 aromatic heterocycles. The van der Waals surface area contributed by atoms with Crippen LogP contribution in [0.5, 0.6) is 0 Å². The Balaban J connectivity index is 1.38. The highest BCUT2D eigenvalue weighted by molar-refractivity contribution is 6.03. The van der Waals surface area contributed by atoms with E-state index in [1.165, 1.54) is 12.5 Å². The Hall–Kier alpha value is -3.69. The van der Waals surface area contributed by atoms with Gasteiger partial charge in [0.05, 0.1) is 28.8 Å². The van der Waals surface area contributed by atoms with Crippen molar-refractivity contribution < 1.29 is 32.3 Å². The second-order valence-electron chi connectivity index (χ2n) is 9.79. The molecule has 0 saturated heterocycles.